The van der Waals surface area contributed by atoms with Crippen molar-refractivity contribution in [2.75, 3.05) is 13.6 Å². The van der Waals surface area contributed by atoms with Crippen molar-refractivity contribution in [3.63, 3.8) is 0 Å². The fourth-order valence-corrected chi connectivity index (χ4v) is 3.53. The van der Waals surface area contributed by atoms with Crippen molar-refractivity contribution in [1.82, 2.24) is 4.90 Å². The van der Waals surface area contributed by atoms with Crippen molar-refractivity contribution in [2.24, 2.45) is 5.73 Å². The second kappa shape index (κ2) is 6.39. The molecule has 108 valence electrons. The molecular formula is C18H20N2S. The van der Waals surface area contributed by atoms with Crippen LogP contribution in [0.3, 0.4) is 0 Å². The van der Waals surface area contributed by atoms with Crippen LogP contribution >= 0.6 is 11.3 Å². The van der Waals surface area contributed by atoms with Crippen LogP contribution in [-0.4, -0.2) is 18.5 Å². The van der Waals surface area contributed by atoms with Crippen LogP contribution in [0.2, 0.25) is 0 Å². The molecule has 0 spiro atoms. The van der Waals surface area contributed by atoms with E-state index in [2.05, 4.69) is 71.2 Å². The molecule has 3 rings (SSSR count). The third kappa shape index (κ3) is 3.00. The Morgan fingerprint density at radius 3 is 2.67 bits per heavy atom. The Balaban J connectivity index is 1.94. The van der Waals surface area contributed by atoms with E-state index in [0.717, 1.165) is 6.54 Å². The molecule has 0 aliphatic rings. The Bertz CT molecular complexity index is 701. The molecule has 1 atom stereocenters. The first-order valence-electron chi connectivity index (χ1n) is 7.18. The lowest BCUT2D eigenvalue weighted by atomic mass is 9.97. The van der Waals surface area contributed by atoms with Crippen LogP contribution in [0.4, 0.5) is 0 Å². The molecule has 0 fully saturated rings. The molecule has 3 heteroatoms. The number of thiophene rings is 1. The Hall–Kier alpha value is -1.68. The fourth-order valence-electron chi connectivity index (χ4n) is 2.87. The van der Waals surface area contributed by atoms with E-state index < -0.39 is 0 Å². The van der Waals surface area contributed by atoms with Gasteiger partial charge in [-0.05, 0) is 45.8 Å². The van der Waals surface area contributed by atoms with E-state index in [1.54, 1.807) is 11.3 Å². The van der Waals surface area contributed by atoms with Crippen LogP contribution < -0.4 is 5.73 Å². The molecule has 0 radical (unpaired) electrons. The van der Waals surface area contributed by atoms with Gasteiger partial charge >= 0.3 is 0 Å². The number of likely N-dealkylation sites (N-methyl/N-ethyl adjacent to an activating group) is 1. The predicted octanol–water partition coefficient (Wildman–Crippen LogP) is 4.03. The van der Waals surface area contributed by atoms with Crippen LogP contribution in [0, 0.1) is 0 Å². The molecule has 3 aromatic rings. The highest BCUT2D eigenvalue weighted by molar-refractivity contribution is 7.07. The molecule has 0 amide bonds. The molecule has 1 heterocycles. The van der Waals surface area contributed by atoms with Crippen molar-refractivity contribution in [2.45, 2.75) is 12.6 Å². The standard InChI is InChI=1S/C18H20N2S/c1-20(12-14-9-10-21-13-14)18(11-19)17-8-4-6-15-5-2-3-7-16(15)17/h2-10,13,18H,11-12,19H2,1H3. The summed E-state index contributed by atoms with van der Waals surface area (Å²) in [7, 11) is 2.15. The van der Waals surface area contributed by atoms with E-state index in [4.69, 9.17) is 5.73 Å². The van der Waals surface area contributed by atoms with E-state index in [1.165, 1.54) is 21.9 Å². The quantitative estimate of drug-likeness (QED) is 0.770. The van der Waals surface area contributed by atoms with Crippen molar-refractivity contribution >= 4 is 22.1 Å². The normalized spacial score (nSPS) is 12.9. The van der Waals surface area contributed by atoms with Crippen molar-refractivity contribution in [1.29, 1.82) is 0 Å². The second-order valence-electron chi connectivity index (χ2n) is 5.37. The first kappa shape index (κ1) is 14.3. The predicted molar refractivity (Wildman–Crippen MR) is 91.5 cm³/mol. The van der Waals surface area contributed by atoms with Crippen molar-refractivity contribution < 1.29 is 0 Å². The molecular weight excluding hydrogens is 276 g/mol. The molecule has 1 aromatic heterocycles. The maximum atomic E-state index is 6.09. The van der Waals surface area contributed by atoms with Crippen molar-refractivity contribution in [3.8, 4) is 0 Å². The zero-order valence-electron chi connectivity index (χ0n) is 12.2. The number of nitrogens with two attached hydrogens (primary N) is 1. The Labute approximate surface area is 129 Å². The van der Waals surface area contributed by atoms with E-state index in [9.17, 15) is 0 Å². The molecule has 0 aliphatic carbocycles. The average Bonchev–Trinajstić information content (AvgIpc) is 3.01. The number of hydrogen-bond acceptors (Lipinski definition) is 3. The zero-order valence-corrected chi connectivity index (χ0v) is 13.0. The van der Waals surface area contributed by atoms with E-state index in [0.29, 0.717) is 6.54 Å². The summed E-state index contributed by atoms with van der Waals surface area (Å²) in [6.45, 7) is 1.54. The number of fused-ring (bicyclic) bond motifs is 1. The van der Waals surface area contributed by atoms with Gasteiger partial charge in [0.1, 0.15) is 0 Å². The molecule has 0 bridgehead atoms. The fraction of sp³-hybridized carbons (Fsp3) is 0.222. The minimum atomic E-state index is 0.232. The lowest BCUT2D eigenvalue weighted by molar-refractivity contribution is 0.243. The monoisotopic (exact) mass is 296 g/mol. The number of nitrogens with zero attached hydrogens (tertiary/aromatic N) is 1. The maximum Gasteiger partial charge on any atom is 0.0477 e. The third-order valence-electron chi connectivity index (χ3n) is 3.95. The minimum absolute atomic E-state index is 0.232. The summed E-state index contributed by atoms with van der Waals surface area (Å²) >= 11 is 1.74. The molecule has 1 unspecified atom stereocenters. The number of rotatable bonds is 5. The SMILES string of the molecule is CN(Cc1ccsc1)C(CN)c1cccc2ccccc12. The first-order valence-corrected chi connectivity index (χ1v) is 8.13. The van der Waals surface area contributed by atoms with Gasteiger partial charge in [0.05, 0.1) is 0 Å². The smallest absolute Gasteiger partial charge is 0.0477 e. The number of benzene rings is 2. The Kier molecular flexibility index (Phi) is 4.34. The lowest BCUT2D eigenvalue weighted by Gasteiger charge is -2.28. The highest BCUT2D eigenvalue weighted by atomic mass is 32.1. The Morgan fingerprint density at radius 1 is 1.10 bits per heavy atom. The summed E-state index contributed by atoms with van der Waals surface area (Å²) in [6.07, 6.45) is 0. The molecule has 2 nitrogen and oxygen atoms in total. The largest absolute Gasteiger partial charge is 0.329 e. The molecule has 0 saturated carbocycles. The van der Waals surface area contributed by atoms with Gasteiger partial charge in [0.25, 0.3) is 0 Å². The van der Waals surface area contributed by atoms with Gasteiger partial charge in [0.15, 0.2) is 0 Å². The number of hydrogen-bond donors (Lipinski definition) is 1. The molecule has 0 saturated heterocycles. The van der Waals surface area contributed by atoms with Crippen LogP contribution in [-0.2, 0) is 6.54 Å². The maximum absolute atomic E-state index is 6.09. The van der Waals surface area contributed by atoms with Crippen molar-refractivity contribution in [3.05, 3.63) is 70.4 Å². The van der Waals surface area contributed by atoms with Gasteiger partial charge in [-0.3, -0.25) is 4.90 Å². The van der Waals surface area contributed by atoms with Gasteiger partial charge in [0.2, 0.25) is 0 Å². The van der Waals surface area contributed by atoms with E-state index in [1.807, 2.05) is 0 Å². The molecule has 0 aliphatic heterocycles. The molecule has 2 aromatic carbocycles. The van der Waals surface area contributed by atoms with Crippen LogP contribution in [0.1, 0.15) is 17.2 Å². The molecule has 21 heavy (non-hydrogen) atoms. The first-order chi connectivity index (χ1) is 10.3. The van der Waals surface area contributed by atoms with Crippen LogP contribution in [0.25, 0.3) is 10.8 Å². The summed E-state index contributed by atoms with van der Waals surface area (Å²) in [5.74, 6) is 0. The zero-order chi connectivity index (χ0) is 14.7. The van der Waals surface area contributed by atoms with E-state index in [-0.39, 0.29) is 6.04 Å². The lowest BCUT2D eigenvalue weighted by Crippen LogP contribution is -2.30. The van der Waals surface area contributed by atoms with Gasteiger partial charge in [-0.15, -0.1) is 0 Å². The average molecular weight is 296 g/mol. The topological polar surface area (TPSA) is 29.3 Å². The Morgan fingerprint density at radius 2 is 1.90 bits per heavy atom. The van der Waals surface area contributed by atoms with Gasteiger partial charge in [-0.2, -0.15) is 11.3 Å². The highest BCUT2D eigenvalue weighted by Crippen LogP contribution is 2.28. The summed E-state index contributed by atoms with van der Waals surface area (Å²) in [5.41, 5.74) is 8.75. The van der Waals surface area contributed by atoms with E-state index >= 15 is 0 Å². The summed E-state index contributed by atoms with van der Waals surface area (Å²) in [5, 5.41) is 6.90. The third-order valence-corrected chi connectivity index (χ3v) is 4.68. The van der Waals surface area contributed by atoms with Gasteiger partial charge in [0, 0.05) is 19.1 Å². The van der Waals surface area contributed by atoms with Gasteiger partial charge in [-0.25, -0.2) is 0 Å². The van der Waals surface area contributed by atoms with Crippen LogP contribution in [0.15, 0.2) is 59.3 Å². The van der Waals surface area contributed by atoms with Gasteiger partial charge < -0.3 is 5.73 Å². The molecule has 2 N–H and O–H groups in total. The minimum Gasteiger partial charge on any atom is -0.329 e. The second-order valence-corrected chi connectivity index (χ2v) is 6.15. The summed E-state index contributed by atoms with van der Waals surface area (Å²) in [4.78, 5) is 2.34. The van der Waals surface area contributed by atoms with Crippen LogP contribution in [0.5, 0.6) is 0 Å². The summed E-state index contributed by atoms with van der Waals surface area (Å²) < 4.78 is 0. The van der Waals surface area contributed by atoms with Gasteiger partial charge in [-0.1, -0.05) is 42.5 Å². The highest BCUT2D eigenvalue weighted by Gasteiger charge is 2.17. The summed E-state index contributed by atoms with van der Waals surface area (Å²) in [6, 6.07) is 17.4.